The minimum absolute atomic E-state index is 0.160. The Bertz CT molecular complexity index is 1460. The molecule has 0 unspecified atom stereocenters. The molecule has 3 aromatic carbocycles. The standard InChI is InChI=1S/C31H30N2O5S/c1-20(2)25-11-9-21(3)15-27(25)37-14-13-33-30(34)29(39-31(33)35)17-22-10-12-26(28(16-22)36-4)38-19-24-8-6-5-7-23(24)18-32/h5-12,15-17,20H,13-14,19H2,1-4H3/b29-17-. The Kier molecular flexibility index (Phi) is 8.95. The van der Waals surface area contributed by atoms with Gasteiger partial charge in [-0.1, -0.05) is 50.2 Å². The third kappa shape index (κ3) is 6.62. The largest absolute Gasteiger partial charge is 0.493 e. The van der Waals surface area contributed by atoms with E-state index in [-0.39, 0.29) is 30.9 Å². The highest BCUT2D eigenvalue weighted by molar-refractivity contribution is 8.18. The van der Waals surface area contributed by atoms with E-state index in [9.17, 15) is 14.9 Å². The van der Waals surface area contributed by atoms with Crippen molar-refractivity contribution in [1.82, 2.24) is 4.90 Å². The van der Waals surface area contributed by atoms with E-state index in [1.54, 1.807) is 36.4 Å². The lowest BCUT2D eigenvalue weighted by atomic mass is 10.0. The van der Waals surface area contributed by atoms with Crippen molar-refractivity contribution in [1.29, 1.82) is 5.26 Å². The number of rotatable bonds is 10. The summed E-state index contributed by atoms with van der Waals surface area (Å²) in [5, 5.41) is 8.96. The molecule has 0 saturated carbocycles. The second-order valence-electron chi connectivity index (χ2n) is 9.35. The van der Waals surface area contributed by atoms with Crippen LogP contribution in [0, 0.1) is 18.3 Å². The molecule has 200 valence electrons. The lowest BCUT2D eigenvalue weighted by Gasteiger charge is -2.17. The van der Waals surface area contributed by atoms with Gasteiger partial charge in [0.1, 0.15) is 19.0 Å². The van der Waals surface area contributed by atoms with E-state index in [4.69, 9.17) is 14.2 Å². The fourth-order valence-electron chi connectivity index (χ4n) is 4.14. The van der Waals surface area contributed by atoms with Gasteiger partial charge in [0.2, 0.25) is 0 Å². The summed E-state index contributed by atoms with van der Waals surface area (Å²) in [6.45, 7) is 6.78. The van der Waals surface area contributed by atoms with E-state index in [1.165, 1.54) is 12.0 Å². The van der Waals surface area contributed by atoms with Gasteiger partial charge in [0, 0.05) is 5.56 Å². The predicted octanol–water partition coefficient (Wildman–Crippen LogP) is 6.69. The molecule has 0 aliphatic carbocycles. The maximum Gasteiger partial charge on any atom is 0.293 e. The molecular formula is C31H30N2O5S. The van der Waals surface area contributed by atoms with E-state index >= 15 is 0 Å². The maximum atomic E-state index is 13.0. The lowest BCUT2D eigenvalue weighted by Crippen LogP contribution is -2.32. The van der Waals surface area contributed by atoms with Gasteiger partial charge in [-0.15, -0.1) is 0 Å². The molecule has 2 amide bonds. The summed E-state index contributed by atoms with van der Waals surface area (Å²) in [5.74, 6) is 1.70. The van der Waals surface area contributed by atoms with Crippen LogP contribution in [-0.2, 0) is 11.4 Å². The molecule has 0 atom stereocenters. The van der Waals surface area contributed by atoms with Crippen LogP contribution in [0.15, 0.2) is 65.6 Å². The molecule has 1 aliphatic heterocycles. The van der Waals surface area contributed by atoms with Gasteiger partial charge in [0.15, 0.2) is 11.5 Å². The highest BCUT2D eigenvalue weighted by Crippen LogP contribution is 2.35. The second kappa shape index (κ2) is 12.5. The third-order valence-electron chi connectivity index (χ3n) is 6.24. The van der Waals surface area contributed by atoms with Gasteiger partial charge in [-0.3, -0.25) is 14.5 Å². The van der Waals surface area contributed by atoms with Gasteiger partial charge >= 0.3 is 0 Å². The number of aryl methyl sites for hydroxylation is 1. The Labute approximate surface area is 233 Å². The Balaban J connectivity index is 1.42. The van der Waals surface area contributed by atoms with E-state index in [2.05, 4.69) is 19.9 Å². The first kappa shape index (κ1) is 27.8. The van der Waals surface area contributed by atoms with Gasteiger partial charge in [0.25, 0.3) is 11.1 Å². The van der Waals surface area contributed by atoms with Crippen LogP contribution in [0.3, 0.4) is 0 Å². The third-order valence-corrected chi connectivity index (χ3v) is 7.15. The number of ether oxygens (including phenoxy) is 3. The summed E-state index contributed by atoms with van der Waals surface area (Å²) in [5.41, 5.74) is 4.19. The van der Waals surface area contributed by atoms with Gasteiger partial charge in [0.05, 0.1) is 30.2 Å². The zero-order valence-corrected chi connectivity index (χ0v) is 23.2. The van der Waals surface area contributed by atoms with Crippen LogP contribution in [-0.4, -0.2) is 36.3 Å². The van der Waals surface area contributed by atoms with Crippen molar-refractivity contribution in [2.75, 3.05) is 20.3 Å². The average Bonchev–Trinajstić information content (AvgIpc) is 3.19. The summed E-state index contributed by atoms with van der Waals surface area (Å²) in [6, 6.07) is 20.7. The van der Waals surface area contributed by atoms with E-state index in [1.807, 2.05) is 37.3 Å². The van der Waals surface area contributed by atoms with Crippen LogP contribution in [0.25, 0.3) is 6.08 Å². The van der Waals surface area contributed by atoms with E-state index in [0.717, 1.165) is 34.2 Å². The molecule has 1 saturated heterocycles. The number of benzene rings is 3. The molecule has 7 nitrogen and oxygen atoms in total. The number of hydrogen-bond acceptors (Lipinski definition) is 7. The maximum absolute atomic E-state index is 13.0. The van der Waals surface area contributed by atoms with Gasteiger partial charge < -0.3 is 14.2 Å². The number of amides is 2. The zero-order valence-electron chi connectivity index (χ0n) is 22.4. The van der Waals surface area contributed by atoms with Crippen molar-refractivity contribution in [2.24, 2.45) is 0 Å². The molecule has 0 aromatic heterocycles. The SMILES string of the molecule is COc1cc(/C=C2\SC(=O)N(CCOc3cc(C)ccc3C(C)C)C2=O)ccc1OCc1ccccc1C#N. The Morgan fingerprint density at radius 1 is 1.00 bits per heavy atom. The normalized spacial score (nSPS) is 14.2. The van der Waals surface area contributed by atoms with Crippen LogP contribution in [0.5, 0.6) is 17.2 Å². The molecule has 0 radical (unpaired) electrons. The monoisotopic (exact) mass is 542 g/mol. The predicted molar refractivity (Wildman–Crippen MR) is 152 cm³/mol. The summed E-state index contributed by atoms with van der Waals surface area (Å²) in [7, 11) is 1.53. The minimum Gasteiger partial charge on any atom is -0.493 e. The number of carbonyl (C=O) groups is 2. The minimum atomic E-state index is -0.352. The molecule has 1 fully saturated rings. The van der Waals surface area contributed by atoms with Crippen molar-refractivity contribution >= 4 is 29.0 Å². The summed E-state index contributed by atoms with van der Waals surface area (Å²) < 4.78 is 17.4. The summed E-state index contributed by atoms with van der Waals surface area (Å²) in [4.78, 5) is 27.2. The number of carbonyl (C=O) groups excluding carboxylic acids is 2. The quantitative estimate of drug-likeness (QED) is 0.264. The van der Waals surface area contributed by atoms with Crippen LogP contribution < -0.4 is 14.2 Å². The number of imide groups is 1. The smallest absolute Gasteiger partial charge is 0.293 e. The molecule has 1 aliphatic rings. The van der Waals surface area contributed by atoms with Gasteiger partial charge in [-0.25, -0.2) is 0 Å². The molecule has 39 heavy (non-hydrogen) atoms. The Morgan fingerprint density at radius 2 is 1.79 bits per heavy atom. The van der Waals surface area contributed by atoms with Gasteiger partial charge in [-0.05, 0) is 71.6 Å². The average molecular weight is 543 g/mol. The molecule has 1 heterocycles. The Morgan fingerprint density at radius 3 is 2.54 bits per heavy atom. The van der Waals surface area contributed by atoms with Crippen molar-refractivity contribution in [3.63, 3.8) is 0 Å². The number of methoxy groups -OCH3 is 1. The van der Waals surface area contributed by atoms with Crippen LogP contribution in [0.1, 0.15) is 47.6 Å². The highest BCUT2D eigenvalue weighted by atomic mass is 32.2. The van der Waals surface area contributed by atoms with E-state index < -0.39 is 0 Å². The number of nitriles is 1. The molecule has 0 spiro atoms. The van der Waals surface area contributed by atoms with Crippen LogP contribution in [0.4, 0.5) is 4.79 Å². The number of hydrogen-bond donors (Lipinski definition) is 0. The second-order valence-corrected chi connectivity index (χ2v) is 10.3. The van der Waals surface area contributed by atoms with E-state index in [0.29, 0.717) is 33.4 Å². The summed E-state index contributed by atoms with van der Waals surface area (Å²) in [6.07, 6.45) is 1.67. The number of nitrogens with zero attached hydrogens (tertiary/aromatic N) is 2. The van der Waals surface area contributed by atoms with Crippen molar-refractivity contribution in [3.8, 4) is 23.3 Å². The van der Waals surface area contributed by atoms with Gasteiger partial charge in [-0.2, -0.15) is 5.26 Å². The molecular weight excluding hydrogens is 512 g/mol. The molecule has 3 aromatic rings. The number of thioether (sulfide) groups is 1. The Hall–Kier alpha value is -4.22. The van der Waals surface area contributed by atoms with Crippen LogP contribution >= 0.6 is 11.8 Å². The lowest BCUT2D eigenvalue weighted by molar-refractivity contribution is -0.123. The fraction of sp³-hybridized carbons (Fsp3) is 0.258. The molecule has 0 bridgehead atoms. The highest BCUT2D eigenvalue weighted by Gasteiger charge is 2.35. The van der Waals surface area contributed by atoms with Crippen LogP contribution in [0.2, 0.25) is 0 Å². The first-order valence-corrected chi connectivity index (χ1v) is 13.4. The topological polar surface area (TPSA) is 88.9 Å². The first-order chi connectivity index (χ1) is 18.8. The molecule has 4 rings (SSSR count). The van der Waals surface area contributed by atoms with Crippen molar-refractivity contribution in [3.05, 3.63) is 93.4 Å². The zero-order chi connectivity index (χ0) is 27.9. The van der Waals surface area contributed by atoms with Crippen molar-refractivity contribution < 1.29 is 23.8 Å². The molecule has 0 N–H and O–H groups in total. The first-order valence-electron chi connectivity index (χ1n) is 12.6. The molecule has 8 heteroatoms. The van der Waals surface area contributed by atoms with Crippen molar-refractivity contribution in [2.45, 2.75) is 33.3 Å². The summed E-state index contributed by atoms with van der Waals surface area (Å²) >= 11 is 0.903. The fourth-order valence-corrected chi connectivity index (χ4v) is 5.00.